The Bertz CT molecular complexity index is 314. The van der Waals surface area contributed by atoms with Gasteiger partial charge in [0.2, 0.25) is 0 Å². The molecule has 0 aromatic heterocycles. The molecule has 4 heteroatoms. The van der Waals surface area contributed by atoms with Crippen molar-refractivity contribution in [3.05, 3.63) is 0 Å². The highest BCUT2D eigenvalue weighted by molar-refractivity contribution is 5.83. The number of hydrogen-bond donors (Lipinski definition) is 1. The third kappa shape index (κ3) is 3.01. The molecule has 3 aliphatic rings. The van der Waals surface area contributed by atoms with Gasteiger partial charge < -0.3 is 14.8 Å². The largest absolute Gasteiger partial charge is 0.381 e. The topological polar surface area (TPSA) is 47.6 Å². The Kier molecular flexibility index (Phi) is 4.20. The highest BCUT2D eigenvalue weighted by Crippen LogP contribution is 2.38. The molecule has 3 saturated heterocycles. The van der Waals surface area contributed by atoms with E-state index in [1.807, 2.05) is 0 Å². The second-order valence-electron chi connectivity index (χ2n) is 6.26. The van der Waals surface area contributed by atoms with E-state index in [-0.39, 0.29) is 11.5 Å². The number of ether oxygens (including phenoxy) is 2. The second kappa shape index (κ2) is 5.90. The van der Waals surface area contributed by atoms with Gasteiger partial charge in [0.05, 0.1) is 5.60 Å². The van der Waals surface area contributed by atoms with Crippen LogP contribution in [-0.4, -0.2) is 44.3 Å². The van der Waals surface area contributed by atoms with Crippen molar-refractivity contribution in [1.29, 1.82) is 0 Å². The van der Waals surface area contributed by atoms with Gasteiger partial charge in [-0.1, -0.05) is 0 Å². The van der Waals surface area contributed by atoms with E-state index in [9.17, 15) is 4.79 Å². The number of carbonyl (C=O) groups is 1. The zero-order valence-electron chi connectivity index (χ0n) is 11.7. The van der Waals surface area contributed by atoms with Crippen molar-refractivity contribution in [3.8, 4) is 0 Å². The van der Waals surface area contributed by atoms with Gasteiger partial charge in [-0.25, -0.2) is 0 Å². The lowest BCUT2D eigenvalue weighted by Gasteiger charge is -2.43. The summed E-state index contributed by atoms with van der Waals surface area (Å²) in [5.74, 6) is 1.03. The summed E-state index contributed by atoms with van der Waals surface area (Å²) >= 11 is 0. The molecule has 0 radical (unpaired) electrons. The summed E-state index contributed by atoms with van der Waals surface area (Å²) in [6, 6.07) is 0. The highest BCUT2D eigenvalue weighted by Gasteiger charge is 2.42. The Morgan fingerprint density at radius 1 is 1.00 bits per heavy atom. The van der Waals surface area contributed by atoms with Crippen LogP contribution < -0.4 is 5.32 Å². The number of hydrogen-bond acceptors (Lipinski definition) is 4. The quantitative estimate of drug-likeness (QED) is 0.824. The molecule has 19 heavy (non-hydrogen) atoms. The molecular weight excluding hydrogens is 242 g/mol. The standard InChI is InChI=1S/C15H25NO3/c17-14(12-1-6-16-7-2-12)13-3-8-19-15(11-13)4-9-18-10-5-15/h12-13,16H,1-11H2. The van der Waals surface area contributed by atoms with Gasteiger partial charge in [-0.05, 0) is 51.6 Å². The average Bonchev–Trinajstić information content (AvgIpc) is 2.48. The molecule has 0 aromatic rings. The molecule has 1 unspecified atom stereocenters. The Morgan fingerprint density at radius 3 is 2.47 bits per heavy atom. The fraction of sp³-hybridized carbons (Fsp3) is 0.933. The lowest BCUT2D eigenvalue weighted by Crippen LogP contribution is -2.47. The van der Waals surface area contributed by atoms with E-state index in [2.05, 4.69) is 5.32 Å². The van der Waals surface area contributed by atoms with Crippen molar-refractivity contribution >= 4 is 5.78 Å². The maximum Gasteiger partial charge on any atom is 0.139 e. The minimum absolute atomic E-state index is 0.0518. The summed E-state index contributed by atoms with van der Waals surface area (Å²) < 4.78 is 11.5. The fourth-order valence-corrected chi connectivity index (χ4v) is 3.80. The zero-order chi connectivity index (χ0) is 13.1. The number of piperidine rings is 1. The van der Waals surface area contributed by atoms with E-state index in [1.165, 1.54) is 0 Å². The second-order valence-corrected chi connectivity index (χ2v) is 6.26. The molecule has 0 aliphatic carbocycles. The first-order valence-electron chi connectivity index (χ1n) is 7.75. The first-order valence-corrected chi connectivity index (χ1v) is 7.75. The zero-order valence-corrected chi connectivity index (χ0v) is 11.7. The minimum Gasteiger partial charge on any atom is -0.381 e. The van der Waals surface area contributed by atoms with Crippen LogP contribution in [0.2, 0.25) is 0 Å². The van der Waals surface area contributed by atoms with Crippen LogP contribution in [0.25, 0.3) is 0 Å². The molecule has 0 saturated carbocycles. The van der Waals surface area contributed by atoms with E-state index in [0.29, 0.717) is 11.7 Å². The molecule has 3 heterocycles. The summed E-state index contributed by atoms with van der Waals surface area (Å²) in [6.07, 6.45) is 5.81. The molecule has 0 aromatic carbocycles. The molecule has 1 spiro atoms. The van der Waals surface area contributed by atoms with Crippen LogP contribution in [0.1, 0.15) is 38.5 Å². The van der Waals surface area contributed by atoms with Crippen LogP contribution in [0.4, 0.5) is 0 Å². The summed E-state index contributed by atoms with van der Waals surface area (Å²) in [7, 11) is 0. The van der Waals surface area contributed by atoms with Crippen LogP contribution in [0, 0.1) is 11.8 Å². The van der Waals surface area contributed by atoms with Crippen molar-refractivity contribution in [2.75, 3.05) is 32.9 Å². The molecule has 3 fully saturated rings. The minimum atomic E-state index is -0.0518. The van der Waals surface area contributed by atoms with Gasteiger partial charge in [0, 0.05) is 31.7 Å². The predicted octanol–water partition coefficient (Wildman–Crippen LogP) is 1.53. The van der Waals surface area contributed by atoms with Crippen LogP contribution in [0.15, 0.2) is 0 Å². The lowest BCUT2D eigenvalue weighted by molar-refractivity contribution is -0.159. The predicted molar refractivity (Wildman–Crippen MR) is 72.1 cm³/mol. The number of nitrogens with one attached hydrogen (secondary N) is 1. The molecule has 0 bridgehead atoms. The first-order chi connectivity index (χ1) is 9.29. The van der Waals surface area contributed by atoms with Crippen molar-refractivity contribution in [2.24, 2.45) is 11.8 Å². The highest BCUT2D eigenvalue weighted by atomic mass is 16.5. The van der Waals surface area contributed by atoms with E-state index >= 15 is 0 Å². The number of ketones is 1. The first kappa shape index (κ1) is 13.5. The monoisotopic (exact) mass is 267 g/mol. The molecule has 3 aliphatic heterocycles. The summed E-state index contributed by atoms with van der Waals surface area (Å²) in [4.78, 5) is 12.7. The Labute approximate surface area is 115 Å². The van der Waals surface area contributed by atoms with Crippen LogP contribution in [0.3, 0.4) is 0 Å². The normalized spacial score (nSPS) is 32.3. The van der Waals surface area contributed by atoms with Gasteiger partial charge in [-0.2, -0.15) is 0 Å². The summed E-state index contributed by atoms with van der Waals surface area (Å²) in [6.45, 7) is 4.32. The van der Waals surface area contributed by atoms with Crippen LogP contribution >= 0.6 is 0 Å². The summed E-state index contributed by atoms with van der Waals surface area (Å²) in [5.41, 5.74) is -0.0518. The smallest absolute Gasteiger partial charge is 0.139 e. The summed E-state index contributed by atoms with van der Waals surface area (Å²) in [5, 5.41) is 3.34. The molecular formula is C15H25NO3. The van der Waals surface area contributed by atoms with Crippen molar-refractivity contribution in [2.45, 2.75) is 44.1 Å². The van der Waals surface area contributed by atoms with Gasteiger partial charge >= 0.3 is 0 Å². The van der Waals surface area contributed by atoms with Gasteiger partial charge in [0.15, 0.2) is 0 Å². The maximum atomic E-state index is 12.7. The molecule has 1 atom stereocenters. The maximum absolute atomic E-state index is 12.7. The molecule has 108 valence electrons. The Morgan fingerprint density at radius 2 is 1.74 bits per heavy atom. The van der Waals surface area contributed by atoms with Crippen LogP contribution in [0.5, 0.6) is 0 Å². The Balaban J connectivity index is 1.62. The molecule has 0 amide bonds. The van der Waals surface area contributed by atoms with Crippen LogP contribution in [-0.2, 0) is 14.3 Å². The van der Waals surface area contributed by atoms with Gasteiger partial charge in [-0.15, -0.1) is 0 Å². The number of Topliss-reactive ketones (excluding diaryl/α,β-unsaturated/α-hetero) is 1. The Hall–Kier alpha value is -0.450. The average molecular weight is 267 g/mol. The number of rotatable bonds is 2. The van der Waals surface area contributed by atoms with E-state index < -0.39 is 0 Å². The fourth-order valence-electron chi connectivity index (χ4n) is 3.80. The molecule has 3 rings (SSSR count). The van der Waals surface area contributed by atoms with Crippen molar-refractivity contribution < 1.29 is 14.3 Å². The van der Waals surface area contributed by atoms with Crippen molar-refractivity contribution in [3.63, 3.8) is 0 Å². The van der Waals surface area contributed by atoms with Gasteiger partial charge in [0.1, 0.15) is 5.78 Å². The van der Waals surface area contributed by atoms with Gasteiger partial charge in [-0.3, -0.25) is 4.79 Å². The lowest BCUT2D eigenvalue weighted by atomic mass is 9.75. The molecule has 4 nitrogen and oxygen atoms in total. The number of carbonyl (C=O) groups excluding carboxylic acids is 1. The third-order valence-corrected chi connectivity index (χ3v) is 5.04. The SMILES string of the molecule is O=C(C1CCNCC1)C1CCOC2(CCOCC2)C1. The van der Waals surface area contributed by atoms with Crippen molar-refractivity contribution in [1.82, 2.24) is 5.32 Å². The molecule has 1 N–H and O–H groups in total. The van der Waals surface area contributed by atoms with E-state index in [0.717, 1.165) is 71.4 Å². The third-order valence-electron chi connectivity index (χ3n) is 5.04. The van der Waals surface area contributed by atoms with Gasteiger partial charge in [0.25, 0.3) is 0 Å². The van der Waals surface area contributed by atoms with E-state index in [4.69, 9.17) is 9.47 Å². The van der Waals surface area contributed by atoms with E-state index in [1.54, 1.807) is 0 Å².